The average molecular weight is 249 g/mol. The van der Waals surface area contributed by atoms with E-state index < -0.39 is 0 Å². The standard InChI is InChI=1S/C17H17N2/c1-13(2)17-18-15-10-6-7-11-16(15)19(17)12-14-8-4-3-5-9-14/h4-11,13H,12H2,1-2H3. The third kappa shape index (κ3) is 2.26. The molecule has 0 aliphatic carbocycles. The maximum absolute atomic E-state index is 4.76. The maximum Gasteiger partial charge on any atom is 0.112 e. The zero-order valence-corrected chi connectivity index (χ0v) is 11.3. The molecule has 0 aliphatic heterocycles. The third-order valence-corrected chi connectivity index (χ3v) is 3.33. The average Bonchev–Trinajstić information content (AvgIpc) is 2.79. The molecule has 0 bridgehead atoms. The van der Waals surface area contributed by atoms with Crippen LogP contribution >= 0.6 is 0 Å². The Hall–Kier alpha value is -2.09. The minimum Gasteiger partial charge on any atom is -0.323 e. The van der Waals surface area contributed by atoms with Crippen molar-refractivity contribution >= 4 is 11.0 Å². The van der Waals surface area contributed by atoms with Gasteiger partial charge in [0.15, 0.2) is 0 Å². The van der Waals surface area contributed by atoms with Crippen LogP contribution in [0.3, 0.4) is 0 Å². The number of nitrogens with zero attached hydrogens (tertiary/aromatic N) is 2. The Labute approximate surface area is 113 Å². The lowest BCUT2D eigenvalue weighted by atomic mass is 10.2. The molecule has 95 valence electrons. The first-order chi connectivity index (χ1) is 9.25. The fourth-order valence-corrected chi connectivity index (χ4v) is 2.41. The Morgan fingerprint density at radius 1 is 1.11 bits per heavy atom. The quantitative estimate of drug-likeness (QED) is 0.686. The Morgan fingerprint density at radius 2 is 1.84 bits per heavy atom. The van der Waals surface area contributed by atoms with E-state index in [1.165, 1.54) is 11.1 Å². The van der Waals surface area contributed by atoms with E-state index in [0.29, 0.717) is 5.92 Å². The van der Waals surface area contributed by atoms with E-state index in [1.54, 1.807) is 0 Å². The number of hydrogen-bond acceptors (Lipinski definition) is 1. The van der Waals surface area contributed by atoms with Crippen LogP contribution in [0.25, 0.3) is 11.0 Å². The number of rotatable bonds is 3. The number of fused-ring (bicyclic) bond motifs is 1. The Morgan fingerprint density at radius 3 is 2.58 bits per heavy atom. The number of imidazole rings is 1. The number of hydrogen-bond donors (Lipinski definition) is 0. The molecule has 0 aliphatic rings. The smallest absolute Gasteiger partial charge is 0.112 e. The van der Waals surface area contributed by atoms with Gasteiger partial charge in [-0.1, -0.05) is 50.2 Å². The molecular weight excluding hydrogens is 232 g/mol. The first-order valence-corrected chi connectivity index (χ1v) is 6.66. The zero-order valence-electron chi connectivity index (χ0n) is 11.3. The Bertz CT molecular complexity index is 681. The molecule has 0 saturated heterocycles. The van der Waals surface area contributed by atoms with Crippen LogP contribution < -0.4 is 0 Å². The summed E-state index contributed by atoms with van der Waals surface area (Å²) >= 11 is 0. The van der Waals surface area contributed by atoms with Crippen LogP contribution in [-0.2, 0) is 6.54 Å². The monoisotopic (exact) mass is 249 g/mol. The molecule has 1 heterocycles. The summed E-state index contributed by atoms with van der Waals surface area (Å²) in [4.78, 5) is 4.76. The molecule has 3 aromatic rings. The molecule has 1 radical (unpaired) electrons. The number of benzene rings is 2. The van der Waals surface area contributed by atoms with Gasteiger partial charge in [0.2, 0.25) is 0 Å². The van der Waals surface area contributed by atoms with Crippen LogP contribution in [0.2, 0.25) is 0 Å². The lowest BCUT2D eigenvalue weighted by Gasteiger charge is -2.11. The predicted molar refractivity (Wildman–Crippen MR) is 78.2 cm³/mol. The van der Waals surface area contributed by atoms with Crippen LogP contribution in [-0.4, -0.2) is 9.55 Å². The molecule has 2 aromatic carbocycles. The van der Waals surface area contributed by atoms with Gasteiger partial charge in [-0.3, -0.25) is 0 Å². The van der Waals surface area contributed by atoms with E-state index in [2.05, 4.69) is 54.8 Å². The topological polar surface area (TPSA) is 17.8 Å². The summed E-state index contributed by atoms with van der Waals surface area (Å²) in [5.41, 5.74) is 3.57. The van der Waals surface area contributed by atoms with Crippen molar-refractivity contribution in [1.82, 2.24) is 9.55 Å². The molecule has 0 unspecified atom stereocenters. The highest BCUT2D eigenvalue weighted by atomic mass is 15.1. The van der Waals surface area contributed by atoms with Crippen molar-refractivity contribution in [2.45, 2.75) is 26.3 Å². The van der Waals surface area contributed by atoms with Gasteiger partial charge in [0.25, 0.3) is 0 Å². The van der Waals surface area contributed by atoms with Crippen LogP contribution in [0, 0.1) is 6.07 Å². The molecule has 3 rings (SSSR count). The molecule has 0 saturated carbocycles. The molecule has 0 atom stereocenters. The highest BCUT2D eigenvalue weighted by Gasteiger charge is 2.13. The second-order valence-electron chi connectivity index (χ2n) is 5.11. The van der Waals surface area contributed by atoms with Gasteiger partial charge in [0.1, 0.15) is 5.82 Å². The molecular formula is C17H17N2. The summed E-state index contributed by atoms with van der Waals surface area (Å²) < 4.78 is 2.31. The van der Waals surface area contributed by atoms with Gasteiger partial charge in [-0.25, -0.2) is 4.98 Å². The fraction of sp³-hybridized carbons (Fsp3) is 0.235. The SMILES string of the molecule is CC(C)c1nc2ccccc2n1Cc1cc[c]cc1. The minimum atomic E-state index is 0.419. The van der Waals surface area contributed by atoms with Gasteiger partial charge in [0.05, 0.1) is 11.0 Å². The van der Waals surface area contributed by atoms with Gasteiger partial charge in [-0.2, -0.15) is 0 Å². The summed E-state index contributed by atoms with van der Waals surface area (Å²) in [6.45, 7) is 5.25. The Kier molecular flexibility index (Phi) is 3.08. The number of para-hydroxylation sites is 2. The van der Waals surface area contributed by atoms with Crippen molar-refractivity contribution in [3.8, 4) is 0 Å². The van der Waals surface area contributed by atoms with E-state index in [-0.39, 0.29) is 0 Å². The van der Waals surface area contributed by atoms with Crippen molar-refractivity contribution in [3.05, 3.63) is 66.0 Å². The summed E-state index contributed by atoms with van der Waals surface area (Å²) in [5, 5.41) is 0. The predicted octanol–water partition coefficient (Wildman–Crippen LogP) is 4.01. The molecule has 0 amide bonds. The Balaban J connectivity index is 2.12. The van der Waals surface area contributed by atoms with Crippen LogP contribution in [0.5, 0.6) is 0 Å². The minimum absolute atomic E-state index is 0.419. The molecule has 0 spiro atoms. The van der Waals surface area contributed by atoms with Crippen LogP contribution in [0.4, 0.5) is 0 Å². The second kappa shape index (κ2) is 4.88. The number of aromatic nitrogens is 2. The molecule has 0 N–H and O–H groups in total. The molecule has 1 aromatic heterocycles. The normalized spacial score (nSPS) is 11.3. The summed E-state index contributed by atoms with van der Waals surface area (Å²) in [5.74, 6) is 1.57. The zero-order chi connectivity index (χ0) is 13.2. The van der Waals surface area contributed by atoms with Crippen LogP contribution in [0.1, 0.15) is 31.2 Å². The van der Waals surface area contributed by atoms with E-state index in [9.17, 15) is 0 Å². The highest BCUT2D eigenvalue weighted by Crippen LogP contribution is 2.22. The lowest BCUT2D eigenvalue weighted by Crippen LogP contribution is -2.06. The summed E-state index contributed by atoms with van der Waals surface area (Å²) in [6, 6.07) is 19.5. The molecule has 0 fully saturated rings. The van der Waals surface area contributed by atoms with E-state index in [1.807, 2.05) is 18.2 Å². The summed E-state index contributed by atoms with van der Waals surface area (Å²) in [6.07, 6.45) is 0. The van der Waals surface area contributed by atoms with Crippen molar-refractivity contribution in [3.63, 3.8) is 0 Å². The van der Waals surface area contributed by atoms with Gasteiger partial charge in [-0.05, 0) is 23.8 Å². The first kappa shape index (κ1) is 12.0. The van der Waals surface area contributed by atoms with E-state index >= 15 is 0 Å². The van der Waals surface area contributed by atoms with Gasteiger partial charge >= 0.3 is 0 Å². The van der Waals surface area contributed by atoms with Crippen molar-refractivity contribution < 1.29 is 0 Å². The van der Waals surface area contributed by atoms with Crippen molar-refractivity contribution in [1.29, 1.82) is 0 Å². The van der Waals surface area contributed by atoms with Crippen molar-refractivity contribution in [2.75, 3.05) is 0 Å². The second-order valence-corrected chi connectivity index (χ2v) is 5.11. The van der Waals surface area contributed by atoms with Gasteiger partial charge in [0, 0.05) is 12.5 Å². The van der Waals surface area contributed by atoms with E-state index in [4.69, 9.17) is 4.98 Å². The third-order valence-electron chi connectivity index (χ3n) is 3.33. The largest absolute Gasteiger partial charge is 0.323 e. The van der Waals surface area contributed by atoms with Gasteiger partial charge < -0.3 is 4.57 Å². The molecule has 2 heteroatoms. The van der Waals surface area contributed by atoms with Crippen molar-refractivity contribution in [2.24, 2.45) is 0 Å². The maximum atomic E-state index is 4.76. The van der Waals surface area contributed by atoms with E-state index in [0.717, 1.165) is 17.9 Å². The fourth-order valence-electron chi connectivity index (χ4n) is 2.41. The molecule has 19 heavy (non-hydrogen) atoms. The summed E-state index contributed by atoms with van der Waals surface area (Å²) in [7, 11) is 0. The van der Waals surface area contributed by atoms with Crippen LogP contribution in [0.15, 0.2) is 48.5 Å². The first-order valence-electron chi connectivity index (χ1n) is 6.66. The highest BCUT2D eigenvalue weighted by molar-refractivity contribution is 5.76. The van der Waals surface area contributed by atoms with Gasteiger partial charge in [-0.15, -0.1) is 0 Å². The lowest BCUT2D eigenvalue weighted by molar-refractivity contribution is 0.683. The molecule has 2 nitrogen and oxygen atoms in total.